The molecule has 1 aliphatic rings. The Bertz CT molecular complexity index is 676. The number of ether oxygens (including phenoxy) is 3. The van der Waals surface area contributed by atoms with Gasteiger partial charge in [0, 0.05) is 26.2 Å². The molecule has 2 rings (SSSR count). The summed E-state index contributed by atoms with van der Waals surface area (Å²) in [6.07, 6.45) is 1.55. The van der Waals surface area contributed by atoms with Crippen molar-refractivity contribution in [3.05, 3.63) is 23.3 Å². The average molecular weight is 345 g/mol. The lowest BCUT2D eigenvalue weighted by atomic mass is 10.1. The number of nitriles is 1. The van der Waals surface area contributed by atoms with Crippen molar-refractivity contribution in [3.8, 4) is 23.3 Å². The summed E-state index contributed by atoms with van der Waals surface area (Å²) in [4.78, 5) is 16.5. The number of carbonyl (C=O) groups excluding carboxylic acids is 1. The number of benzene rings is 1. The third-order valence-corrected chi connectivity index (χ3v) is 4.14. The summed E-state index contributed by atoms with van der Waals surface area (Å²) < 4.78 is 15.9. The van der Waals surface area contributed by atoms with Crippen LogP contribution in [0, 0.1) is 11.3 Å². The van der Waals surface area contributed by atoms with Gasteiger partial charge in [-0.15, -0.1) is 0 Å². The Morgan fingerprint density at radius 2 is 1.64 bits per heavy atom. The summed E-state index contributed by atoms with van der Waals surface area (Å²) in [6.45, 7) is 2.83. The highest BCUT2D eigenvalue weighted by Crippen LogP contribution is 2.38. The summed E-state index contributed by atoms with van der Waals surface area (Å²) in [5.41, 5.74) is 0.715. The van der Waals surface area contributed by atoms with Crippen molar-refractivity contribution < 1.29 is 19.0 Å². The zero-order chi connectivity index (χ0) is 18.4. The van der Waals surface area contributed by atoms with Crippen molar-refractivity contribution in [2.75, 3.05) is 54.6 Å². The third-order valence-electron chi connectivity index (χ3n) is 4.14. The fourth-order valence-corrected chi connectivity index (χ4v) is 2.67. The molecule has 0 aliphatic carbocycles. The first-order chi connectivity index (χ1) is 12.0. The van der Waals surface area contributed by atoms with E-state index in [2.05, 4.69) is 4.90 Å². The minimum Gasteiger partial charge on any atom is -0.493 e. The van der Waals surface area contributed by atoms with Gasteiger partial charge in [-0.1, -0.05) is 0 Å². The molecule has 0 aromatic heterocycles. The molecule has 0 saturated carbocycles. The van der Waals surface area contributed by atoms with Crippen molar-refractivity contribution in [3.63, 3.8) is 0 Å². The largest absolute Gasteiger partial charge is 0.493 e. The number of likely N-dealkylation sites (N-methyl/N-ethyl adjacent to an activating group) is 1. The van der Waals surface area contributed by atoms with Gasteiger partial charge in [0.2, 0.25) is 5.75 Å². The smallest absolute Gasteiger partial charge is 0.264 e. The van der Waals surface area contributed by atoms with E-state index in [9.17, 15) is 10.1 Å². The molecular weight excluding hydrogens is 322 g/mol. The minimum atomic E-state index is -0.260. The fraction of sp³-hybridized carbons (Fsp3) is 0.444. The molecule has 0 unspecified atom stereocenters. The number of rotatable bonds is 5. The van der Waals surface area contributed by atoms with Gasteiger partial charge in [0.15, 0.2) is 11.5 Å². The summed E-state index contributed by atoms with van der Waals surface area (Å²) in [5.74, 6) is 1.14. The summed E-state index contributed by atoms with van der Waals surface area (Å²) in [7, 11) is 6.57. The number of piperazine rings is 1. The molecule has 134 valence electrons. The van der Waals surface area contributed by atoms with Gasteiger partial charge in [-0.3, -0.25) is 4.79 Å². The van der Waals surface area contributed by atoms with Gasteiger partial charge in [0.05, 0.1) is 21.3 Å². The molecule has 1 saturated heterocycles. The predicted octanol–water partition coefficient (Wildman–Crippen LogP) is 1.39. The Morgan fingerprint density at radius 3 is 2.08 bits per heavy atom. The molecule has 1 amide bonds. The van der Waals surface area contributed by atoms with Crippen LogP contribution in [0.4, 0.5) is 0 Å². The Morgan fingerprint density at radius 1 is 1.08 bits per heavy atom. The standard InChI is InChI=1S/C18H23N3O4/c1-20-5-7-21(8-6-20)18(22)14(12-19)9-13-10-15(23-2)17(25-4)16(11-13)24-3/h9-11H,5-8H2,1-4H3/b14-9+. The van der Waals surface area contributed by atoms with Gasteiger partial charge in [0.1, 0.15) is 11.6 Å². The Balaban J connectivity index is 2.33. The van der Waals surface area contributed by atoms with Crippen molar-refractivity contribution in [1.82, 2.24) is 9.80 Å². The Kier molecular flexibility index (Phi) is 6.25. The number of amides is 1. The normalized spacial score (nSPS) is 15.5. The second-order valence-corrected chi connectivity index (χ2v) is 5.72. The molecule has 1 aromatic rings. The maximum Gasteiger partial charge on any atom is 0.264 e. The lowest BCUT2D eigenvalue weighted by Gasteiger charge is -2.32. The second kappa shape index (κ2) is 8.40. The zero-order valence-electron chi connectivity index (χ0n) is 15.0. The van der Waals surface area contributed by atoms with Crippen LogP contribution in [0.5, 0.6) is 17.2 Å². The third kappa shape index (κ3) is 4.22. The first-order valence-corrected chi connectivity index (χ1v) is 7.93. The molecule has 1 aliphatic heterocycles. The van der Waals surface area contributed by atoms with Crippen LogP contribution in [0.3, 0.4) is 0 Å². The Hall–Kier alpha value is -2.72. The van der Waals surface area contributed by atoms with E-state index in [4.69, 9.17) is 14.2 Å². The SMILES string of the molecule is COc1cc(/C=C(\C#N)C(=O)N2CCN(C)CC2)cc(OC)c1OC. The molecular formula is C18H23N3O4. The van der Waals surface area contributed by atoms with Crippen LogP contribution in [0.15, 0.2) is 17.7 Å². The van der Waals surface area contributed by atoms with Crippen molar-refractivity contribution >= 4 is 12.0 Å². The first-order valence-electron chi connectivity index (χ1n) is 7.93. The molecule has 0 atom stereocenters. The molecule has 1 aromatic carbocycles. The molecule has 0 bridgehead atoms. The van der Waals surface area contributed by atoms with Crippen LogP contribution in [0.1, 0.15) is 5.56 Å². The van der Waals surface area contributed by atoms with Crippen LogP contribution in [-0.2, 0) is 4.79 Å². The quantitative estimate of drug-likeness (QED) is 0.593. The maximum absolute atomic E-state index is 12.6. The van der Waals surface area contributed by atoms with Crippen LogP contribution >= 0.6 is 0 Å². The lowest BCUT2D eigenvalue weighted by molar-refractivity contribution is -0.128. The molecule has 0 spiro atoms. The van der Waals surface area contributed by atoms with E-state index < -0.39 is 0 Å². The Labute approximate surface area is 148 Å². The van der Waals surface area contributed by atoms with E-state index in [0.29, 0.717) is 35.9 Å². The van der Waals surface area contributed by atoms with Gasteiger partial charge in [-0.2, -0.15) is 5.26 Å². The summed E-state index contributed by atoms with van der Waals surface area (Å²) >= 11 is 0. The van der Waals surface area contributed by atoms with E-state index in [0.717, 1.165) is 13.1 Å². The topological polar surface area (TPSA) is 75.0 Å². The number of hydrogen-bond acceptors (Lipinski definition) is 6. The van der Waals surface area contributed by atoms with Crippen LogP contribution in [0.2, 0.25) is 0 Å². The minimum absolute atomic E-state index is 0.0822. The first kappa shape index (κ1) is 18.6. The molecule has 1 fully saturated rings. The van der Waals surface area contributed by atoms with Gasteiger partial charge in [0.25, 0.3) is 5.91 Å². The predicted molar refractivity (Wildman–Crippen MR) is 93.8 cm³/mol. The summed E-state index contributed by atoms with van der Waals surface area (Å²) in [6, 6.07) is 5.41. The van der Waals surface area contributed by atoms with E-state index >= 15 is 0 Å². The lowest BCUT2D eigenvalue weighted by Crippen LogP contribution is -2.47. The highest BCUT2D eigenvalue weighted by atomic mass is 16.5. The molecule has 7 heteroatoms. The van der Waals surface area contributed by atoms with Gasteiger partial charge < -0.3 is 24.0 Å². The van der Waals surface area contributed by atoms with Gasteiger partial charge in [-0.25, -0.2) is 0 Å². The summed E-state index contributed by atoms with van der Waals surface area (Å²) in [5, 5.41) is 9.43. The molecule has 1 heterocycles. The van der Waals surface area contributed by atoms with E-state index in [1.54, 1.807) is 23.1 Å². The second-order valence-electron chi connectivity index (χ2n) is 5.72. The van der Waals surface area contributed by atoms with Gasteiger partial charge in [-0.05, 0) is 30.8 Å². The molecule has 0 N–H and O–H groups in total. The maximum atomic E-state index is 12.6. The van der Waals surface area contributed by atoms with E-state index in [-0.39, 0.29) is 11.5 Å². The van der Waals surface area contributed by atoms with Crippen molar-refractivity contribution in [2.45, 2.75) is 0 Å². The highest BCUT2D eigenvalue weighted by Gasteiger charge is 2.22. The highest BCUT2D eigenvalue weighted by molar-refractivity contribution is 6.01. The van der Waals surface area contributed by atoms with E-state index in [1.807, 2.05) is 13.1 Å². The average Bonchev–Trinajstić information content (AvgIpc) is 2.65. The van der Waals surface area contributed by atoms with Crippen molar-refractivity contribution in [1.29, 1.82) is 5.26 Å². The number of methoxy groups -OCH3 is 3. The van der Waals surface area contributed by atoms with E-state index in [1.165, 1.54) is 21.3 Å². The van der Waals surface area contributed by atoms with Crippen LogP contribution in [-0.4, -0.2) is 70.3 Å². The zero-order valence-corrected chi connectivity index (χ0v) is 15.0. The number of hydrogen-bond donors (Lipinski definition) is 0. The van der Waals surface area contributed by atoms with Crippen LogP contribution in [0.25, 0.3) is 6.08 Å². The fourth-order valence-electron chi connectivity index (χ4n) is 2.67. The number of nitrogens with zero attached hydrogens (tertiary/aromatic N) is 3. The number of carbonyl (C=O) groups is 1. The molecule has 7 nitrogen and oxygen atoms in total. The van der Waals surface area contributed by atoms with Gasteiger partial charge >= 0.3 is 0 Å². The monoisotopic (exact) mass is 345 g/mol. The van der Waals surface area contributed by atoms with Crippen molar-refractivity contribution in [2.24, 2.45) is 0 Å². The molecule has 25 heavy (non-hydrogen) atoms. The molecule has 0 radical (unpaired) electrons. The van der Waals surface area contributed by atoms with Crippen LogP contribution < -0.4 is 14.2 Å².